The first-order valence-electron chi connectivity index (χ1n) is 6.07. The lowest BCUT2D eigenvalue weighted by Gasteiger charge is -2.45. The topological polar surface area (TPSA) is 44.5 Å². The van der Waals surface area contributed by atoms with E-state index in [1.54, 1.807) is 6.07 Å². The molecule has 1 fully saturated rings. The molecule has 3 nitrogen and oxygen atoms in total. The van der Waals surface area contributed by atoms with Crippen molar-refractivity contribution in [1.82, 2.24) is 0 Å². The Bertz CT molecular complexity index is 436. The van der Waals surface area contributed by atoms with Crippen LogP contribution in [0.4, 0.5) is 4.39 Å². The van der Waals surface area contributed by atoms with Crippen molar-refractivity contribution in [2.75, 3.05) is 20.3 Å². The lowest BCUT2D eigenvalue weighted by molar-refractivity contribution is -0.0720. The van der Waals surface area contributed by atoms with Gasteiger partial charge in [0.1, 0.15) is 0 Å². The summed E-state index contributed by atoms with van der Waals surface area (Å²) in [5.74, 6) is -0.0720. The first-order valence-corrected chi connectivity index (χ1v) is 6.07. The molecule has 0 atom stereocenters. The zero-order valence-corrected chi connectivity index (χ0v) is 11.1. The Morgan fingerprint density at radius 1 is 1.44 bits per heavy atom. The minimum absolute atomic E-state index is 0.161. The van der Waals surface area contributed by atoms with E-state index in [-0.39, 0.29) is 22.5 Å². The average molecular weight is 253 g/mol. The highest BCUT2D eigenvalue weighted by Gasteiger charge is 2.43. The molecule has 0 spiro atoms. The van der Waals surface area contributed by atoms with Crippen molar-refractivity contribution in [2.24, 2.45) is 5.73 Å². The number of nitrogens with two attached hydrogens (primary N) is 1. The van der Waals surface area contributed by atoms with Gasteiger partial charge in [-0.3, -0.25) is 0 Å². The molecule has 1 heterocycles. The summed E-state index contributed by atoms with van der Waals surface area (Å²) < 4.78 is 24.0. The molecular weight excluding hydrogens is 233 g/mol. The van der Waals surface area contributed by atoms with E-state index in [0.29, 0.717) is 13.2 Å². The fourth-order valence-corrected chi connectivity index (χ4v) is 2.59. The number of benzene rings is 1. The first kappa shape index (κ1) is 13.3. The summed E-state index contributed by atoms with van der Waals surface area (Å²) in [6, 6.07) is 5.09. The van der Waals surface area contributed by atoms with Crippen LogP contribution in [0.5, 0.6) is 5.75 Å². The van der Waals surface area contributed by atoms with Gasteiger partial charge in [0.2, 0.25) is 0 Å². The number of methoxy groups -OCH3 is 1. The molecule has 4 heteroatoms. The first-order chi connectivity index (χ1) is 8.36. The molecule has 0 unspecified atom stereocenters. The summed E-state index contributed by atoms with van der Waals surface area (Å²) in [5.41, 5.74) is 6.56. The average Bonchev–Trinajstić information content (AvgIpc) is 2.22. The van der Waals surface area contributed by atoms with Crippen molar-refractivity contribution >= 4 is 0 Å². The molecule has 18 heavy (non-hydrogen) atoms. The van der Waals surface area contributed by atoms with Crippen molar-refractivity contribution in [3.05, 3.63) is 29.6 Å². The van der Waals surface area contributed by atoms with Gasteiger partial charge >= 0.3 is 0 Å². The van der Waals surface area contributed by atoms with Gasteiger partial charge in [0.25, 0.3) is 0 Å². The molecule has 1 aromatic rings. The van der Waals surface area contributed by atoms with Crippen molar-refractivity contribution < 1.29 is 13.9 Å². The van der Waals surface area contributed by atoms with E-state index in [1.807, 2.05) is 19.9 Å². The van der Waals surface area contributed by atoms with Crippen molar-refractivity contribution in [3.63, 3.8) is 0 Å². The molecule has 0 bridgehead atoms. The highest BCUT2D eigenvalue weighted by molar-refractivity contribution is 5.35. The molecule has 0 aliphatic carbocycles. The summed E-state index contributed by atoms with van der Waals surface area (Å²) in [6.45, 7) is 5.15. The van der Waals surface area contributed by atoms with Crippen LogP contribution < -0.4 is 10.5 Å². The molecule has 2 rings (SSSR count). The molecule has 1 saturated heterocycles. The van der Waals surface area contributed by atoms with Crippen LogP contribution in [-0.2, 0) is 10.2 Å². The van der Waals surface area contributed by atoms with Crippen LogP contribution in [0.3, 0.4) is 0 Å². The summed E-state index contributed by atoms with van der Waals surface area (Å²) in [6.07, 6.45) is 0.770. The molecule has 1 aliphatic rings. The maximum atomic E-state index is 13.8. The van der Waals surface area contributed by atoms with E-state index >= 15 is 0 Å². The monoisotopic (exact) mass is 253 g/mol. The van der Waals surface area contributed by atoms with E-state index in [0.717, 1.165) is 12.0 Å². The normalized spacial score (nSPS) is 18.3. The highest BCUT2D eigenvalue weighted by atomic mass is 19.1. The Kier molecular flexibility index (Phi) is 3.34. The van der Waals surface area contributed by atoms with Crippen LogP contribution >= 0.6 is 0 Å². The van der Waals surface area contributed by atoms with E-state index in [1.165, 1.54) is 13.2 Å². The van der Waals surface area contributed by atoms with Crippen LogP contribution in [0.15, 0.2) is 18.2 Å². The van der Waals surface area contributed by atoms with E-state index in [4.69, 9.17) is 15.2 Å². The van der Waals surface area contributed by atoms with Gasteiger partial charge < -0.3 is 15.2 Å². The fraction of sp³-hybridized carbons (Fsp3) is 0.571. The second kappa shape index (κ2) is 4.52. The molecule has 2 N–H and O–H groups in total. The Balaban J connectivity index is 2.30. The molecular formula is C14H20FNO2. The van der Waals surface area contributed by atoms with E-state index < -0.39 is 0 Å². The van der Waals surface area contributed by atoms with Gasteiger partial charge in [0, 0.05) is 11.0 Å². The SMILES string of the molecule is COc1ccc(C2(CC(C)(C)N)COC2)cc1F. The van der Waals surface area contributed by atoms with Crippen LogP contribution in [0.1, 0.15) is 25.8 Å². The van der Waals surface area contributed by atoms with Crippen molar-refractivity contribution in [1.29, 1.82) is 0 Å². The summed E-state index contributed by atoms with van der Waals surface area (Å²) in [4.78, 5) is 0. The number of ether oxygens (including phenoxy) is 2. The van der Waals surface area contributed by atoms with Crippen LogP contribution in [-0.4, -0.2) is 25.9 Å². The molecule has 1 aliphatic heterocycles. The third-order valence-corrected chi connectivity index (χ3v) is 3.31. The van der Waals surface area contributed by atoms with Gasteiger partial charge in [-0.2, -0.15) is 0 Å². The van der Waals surface area contributed by atoms with Gasteiger partial charge in [-0.05, 0) is 38.0 Å². The predicted molar refractivity (Wildman–Crippen MR) is 68.3 cm³/mol. The number of hydrogen-bond donors (Lipinski definition) is 1. The smallest absolute Gasteiger partial charge is 0.165 e. The molecule has 0 radical (unpaired) electrons. The van der Waals surface area contributed by atoms with E-state index in [9.17, 15) is 4.39 Å². The molecule has 100 valence electrons. The predicted octanol–water partition coefficient (Wildman–Crippen LogP) is 2.23. The third-order valence-electron chi connectivity index (χ3n) is 3.31. The Labute approximate surface area is 107 Å². The maximum absolute atomic E-state index is 13.8. The van der Waals surface area contributed by atoms with Gasteiger partial charge in [0.15, 0.2) is 11.6 Å². The number of halogens is 1. The zero-order valence-electron chi connectivity index (χ0n) is 11.1. The molecule has 0 saturated carbocycles. The fourth-order valence-electron chi connectivity index (χ4n) is 2.59. The second-order valence-electron chi connectivity index (χ2n) is 5.79. The Hall–Kier alpha value is -1.13. The van der Waals surface area contributed by atoms with E-state index in [2.05, 4.69) is 0 Å². The summed E-state index contributed by atoms with van der Waals surface area (Å²) >= 11 is 0. The van der Waals surface area contributed by atoms with Gasteiger partial charge in [-0.1, -0.05) is 6.07 Å². The minimum atomic E-state index is -0.337. The van der Waals surface area contributed by atoms with Crippen LogP contribution in [0.25, 0.3) is 0 Å². The Morgan fingerprint density at radius 2 is 2.11 bits per heavy atom. The van der Waals surface area contributed by atoms with Crippen LogP contribution in [0.2, 0.25) is 0 Å². The molecule has 0 aromatic heterocycles. The van der Waals surface area contributed by atoms with Gasteiger partial charge in [-0.15, -0.1) is 0 Å². The second-order valence-corrected chi connectivity index (χ2v) is 5.79. The lowest BCUT2D eigenvalue weighted by atomic mass is 9.71. The maximum Gasteiger partial charge on any atom is 0.165 e. The quantitative estimate of drug-likeness (QED) is 0.895. The Morgan fingerprint density at radius 3 is 2.50 bits per heavy atom. The molecule has 0 amide bonds. The van der Waals surface area contributed by atoms with Crippen LogP contribution in [0, 0.1) is 5.82 Å². The van der Waals surface area contributed by atoms with Gasteiger partial charge in [-0.25, -0.2) is 4.39 Å². The summed E-state index contributed by atoms with van der Waals surface area (Å²) in [7, 11) is 1.46. The molecule has 1 aromatic carbocycles. The third kappa shape index (κ3) is 2.49. The largest absolute Gasteiger partial charge is 0.494 e. The summed E-state index contributed by atoms with van der Waals surface area (Å²) in [5, 5.41) is 0. The minimum Gasteiger partial charge on any atom is -0.494 e. The van der Waals surface area contributed by atoms with Crippen molar-refractivity contribution in [2.45, 2.75) is 31.2 Å². The zero-order chi connectivity index (χ0) is 13.4. The van der Waals surface area contributed by atoms with Gasteiger partial charge in [0.05, 0.1) is 20.3 Å². The highest BCUT2D eigenvalue weighted by Crippen LogP contribution is 2.39. The number of hydrogen-bond acceptors (Lipinski definition) is 3. The van der Waals surface area contributed by atoms with Crippen molar-refractivity contribution in [3.8, 4) is 5.75 Å². The standard InChI is InChI=1S/C14H20FNO2/c1-13(2,16)7-14(8-18-9-14)10-4-5-12(17-3)11(15)6-10/h4-6H,7-9,16H2,1-3H3. The number of rotatable bonds is 4. The lowest BCUT2D eigenvalue weighted by Crippen LogP contribution is -2.53.